The maximum atomic E-state index is 12.0. The number of ether oxygens (including phenoxy) is 3. The summed E-state index contributed by atoms with van der Waals surface area (Å²) >= 11 is 0. The average molecular weight is 350 g/mol. The number of carbonyl (C=O) groups is 1. The van der Waals surface area contributed by atoms with E-state index in [1.165, 1.54) is 7.11 Å². The van der Waals surface area contributed by atoms with Crippen molar-refractivity contribution in [3.8, 4) is 0 Å². The number of allylic oxidation sites excluding steroid dienone is 1. The molecule has 2 aliphatic heterocycles. The van der Waals surface area contributed by atoms with Gasteiger partial charge in [0, 0.05) is 0 Å². The normalized spacial score (nSPS) is 45.0. The predicted molar refractivity (Wildman–Crippen MR) is 91.9 cm³/mol. The summed E-state index contributed by atoms with van der Waals surface area (Å²) in [6.45, 7) is 5.87. The highest BCUT2D eigenvalue weighted by molar-refractivity contribution is 5.90. The summed E-state index contributed by atoms with van der Waals surface area (Å²) in [5.74, 6) is 1.20. The molecule has 5 nitrogen and oxygen atoms in total. The lowest BCUT2D eigenvalue weighted by Crippen LogP contribution is -2.52. The molecule has 4 aliphatic rings. The quantitative estimate of drug-likeness (QED) is 0.479. The van der Waals surface area contributed by atoms with E-state index in [0.29, 0.717) is 29.9 Å². The number of fused-ring (bicyclic) bond motifs is 1. The van der Waals surface area contributed by atoms with E-state index in [1.54, 1.807) is 0 Å². The van der Waals surface area contributed by atoms with Gasteiger partial charge in [-0.05, 0) is 55.3 Å². The minimum Gasteiger partial charge on any atom is -0.466 e. The highest BCUT2D eigenvalue weighted by atomic mass is 16.6. The highest BCUT2D eigenvalue weighted by Gasteiger charge is 2.61. The Labute approximate surface area is 149 Å². The van der Waals surface area contributed by atoms with Crippen LogP contribution in [0.4, 0.5) is 0 Å². The van der Waals surface area contributed by atoms with E-state index in [9.17, 15) is 9.90 Å². The molecule has 140 valence electrons. The van der Waals surface area contributed by atoms with Gasteiger partial charge in [-0.15, -0.1) is 0 Å². The molecule has 1 N–H and O–H groups in total. The molecule has 0 aromatic rings. The van der Waals surface area contributed by atoms with Crippen LogP contribution in [0.2, 0.25) is 0 Å². The molecular weight excluding hydrogens is 320 g/mol. The molecule has 0 bridgehead atoms. The zero-order valence-electron chi connectivity index (χ0n) is 15.5. The molecule has 0 amide bonds. The van der Waals surface area contributed by atoms with Gasteiger partial charge in [-0.25, -0.2) is 4.79 Å². The summed E-state index contributed by atoms with van der Waals surface area (Å²) in [6, 6.07) is 0. The summed E-state index contributed by atoms with van der Waals surface area (Å²) in [5, 5.41) is 10.5. The number of hydrogen-bond donors (Lipinski definition) is 1. The molecule has 0 aromatic carbocycles. The van der Waals surface area contributed by atoms with Crippen molar-refractivity contribution in [2.24, 2.45) is 23.2 Å². The third-order valence-corrected chi connectivity index (χ3v) is 7.38. The first-order chi connectivity index (χ1) is 11.9. The zero-order valence-corrected chi connectivity index (χ0v) is 15.5. The monoisotopic (exact) mass is 350 g/mol. The van der Waals surface area contributed by atoms with Crippen molar-refractivity contribution in [2.45, 2.75) is 63.8 Å². The van der Waals surface area contributed by atoms with Crippen molar-refractivity contribution in [1.82, 2.24) is 0 Å². The van der Waals surface area contributed by atoms with E-state index in [-0.39, 0.29) is 29.2 Å². The Hall–Kier alpha value is -0.910. The maximum Gasteiger partial charge on any atom is 0.336 e. The molecule has 2 saturated heterocycles. The highest BCUT2D eigenvalue weighted by Crippen LogP contribution is 2.60. The fourth-order valence-corrected chi connectivity index (χ4v) is 5.55. The minimum atomic E-state index is -0.278. The van der Waals surface area contributed by atoms with Gasteiger partial charge in [0.1, 0.15) is 6.10 Å². The molecule has 0 aromatic heterocycles. The van der Waals surface area contributed by atoms with Gasteiger partial charge in [-0.3, -0.25) is 0 Å². The second kappa shape index (κ2) is 6.07. The van der Waals surface area contributed by atoms with Crippen LogP contribution in [0.15, 0.2) is 11.6 Å². The Morgan fingerprint density at radius 2 is 2.04 bits per heavy atom. The first-order valence-electron chi connectivity index (χ1n) is 9.61. The standard InChI is InChI=1S/C20H30O5/c1-19(2)14-8-9-20(11-25-20)15(12(14)5-7-17(19)21)6-4-13(16-10-24-16)18(22)23-3/h4,12,14-17,21H,5-11H2,1-3H3. The van der Waals surface area contributed by atoms with E-state index in [4.69, 9.17) is 14.2 Å². The van der Waals surface area contributed by atoms with Gasteiger partial charge in [0.25, 0.3) is 0 Å². The first kappa shape index (κ1) is 17.5. The molecule has 2 heterocycles. The fourth-order valence-electron chi connectivity index (χ4n) is 5.55. The summed E-state index contributed by atoms with van der Waals surface area (Å²) in [5.41, 5.74) is 0.615. The van der Waals surface area contributed by atoms with Crippen LogP contribution < -0.4 is 0 Å². The van der Waals surface area contributed by atoms with Gasteiger partial charge >= 0.3 is 5.97 Å². The molecule has 4 fully saturated rings. The minimum absolute atomic E-state index is 0.00166. The van der Waals surface area contributed by atoms with Crippen LogP contribution in [0, 0.1) is 23.2 Å². The third kappa shape index (κ3) is 2.94. The van der Waals surface area contributed by atoms with Crippen LogP contribution in [-0.2, 0) is 19.0 Å². The molecule has 25 heavy (non-hydrogen) atoms. The predicted octanol–water partition coefficient (Wildman–Crippen LogP) is 2.47. The molecule has 0 radical (unpaired) electrons. The van der Waals surface area contributed by atoms with Crippen LogP contribution >= 0.6 is 0 Å². The Kier molecular flexibility index (Phi) is 4.25. The summed E-state index contributed by atoms with van der Waals surface area (Å²) in [6.07, 6.45) is 6.67. The first-order valence-corrected chi connectivity index (χ1v) is 9.61. The summed E-state index contributed by atoms with van der Waals surface area (Å²) < 4.78 is 16.2. The van der Waals surface area contributed by atoms with Gasteiger partial charge in [0.2, 0.25) is 0 Å². The number of hydrogen-bond acceptors (Lipinski definition) is 5. The van der Waals surface area contributed by atoms with Crippen LogP contribution in [0.5, 0.6) is 0 Å². The van der Waals surface area contributed by atoms with E-state index in [1.807, 2.05) is 6.08 Å². The average Bonchev–Trinajstić information content (AvgIpc) is 3.49. The van der Waals surface area contributed by atoms with Crippen LogP contribution in [0.25, 0.3) is 0 Å². The Morgan fingerprint density at radius 3 is 2.64 bits per heavy atom. The van der Waals surface area contributed by atoms with Crippen molar-refractivity contribution in [3.05, 3.63) is 11.6 Å². The molecular formula is C20H30O5. The van der Waals surface area contributed by atoms with Crippen molar-refractivity contribution in [3.63, 3.8) is 0 Å². The Bertz CT molecular complexity index is 573. The Morgan fingerprint density at radius 1 is 1.32 bits per heavy atom. The molecule has 1 spiro atoms. The van der Waals surface area contributed by atoms with Crippen LogP contribution in [0.3, 0.4) is 0 Å². The number of carbonyl (C=O) groups excluding carboxylic acids is 1. The molecule has 6 atom stereocenters. The lowest BCUT2D eigenvalue weighted by atomic mass is 9.52. The van der Waals surface area contributed by atoms with E-state index >= 15 is 0 Å². The summed E-state index contributed by atoms with van der Waals surface area (Å²) in [4.78, 5) is 12.0. The van der Waals surface area contributed by atoms with Gasteiger partial charge in [-0.2, -0.15) is 0 Å². The van der Waals surface area contributed by atoms with Gasteiger partial charge in [-0.1, -0.05) is 19.9 Å². The lowest BCUT2D eigenvalue weighted by molar-refractivity contribution is -0.136. The largest absolute Gasteiger partial charge is 0.466 e. The van der Waals surface area contributed by atoms with Crippen LogP contribution in [0.1, 0.15) is 46.0 Å². The van der Waals surface area contributed by atoms with Crippen molar-refractivity contribution < 1.29 is 24.1 Å². The van der Waals surface area contributed by atoms with Crippen molar-refractivity contribution in [2.75, 3.05) is 20.3 Å². The summed E-state index contributed by atoms with van der Waals surface area (Å²) in [7, 11) is 1.42. The number of aliphatic hydroxyl groups is 1. The van der Waals surface area contributed by atoms with Crippen molar-refractivity contribution in [1.29, 1.82) is 0 Å². The van der Waals surface area contributed by atoms with E-state index in [2.05, 4.69) is 13.8 Å². The Balaban J connectivity index is 1.57. The third-order valence-electron chi connectivity index (χ3n) is 7.38. The van der Waals surface area contributed by atoms with Crippen molar-refractivity contribution >= 4 is 5.97 Å². The SMILES string of the molecule is COC(=O)C(=CCC1C2CCC(O)C(C)(C)C2CCC12CO2)C1CO1. The fraction of sp³-hybridized carbons (Fsp3) is 0.850. The molecule has 2 saturated carbocycles. The molecule has 6 unspecified atom stereocenters. The number of rotatable bonds is 4. The zero-order chi connectivity index (χ0) is 17.8. The number of epoxide rings is 2. The number of methoxy groups -OCH3 is 1. The topological polar surface area (TPSA) is 71.6 Å². The second-order valence-corrected chi connectivity index (χ2v) is 8.89. The van der Waals surface area contributed by atoms with Crippen LogP contribution in [-0.4, -0.2) is 49.2 Å². The van der Waals surface area contributed by atoms with E-state index in [0.717, 1.165) is 38.7 Å². The van der Waals surface area contributed by atoms with Gasteiger partial charge < -0.3 is 19.3 Å². The molecule has 5 heteroatoms. The second-order valence-electron chi connectivity index (χ2n) is 8.89. The number of aliphatic hydroxyl groups excluding tert-OH is 1. The van der Waals surface area contributed by atoms with Gasteiger partial charge in [0.15, 0.2) is 0 Å². The van der Waals surface area contributed by atoms with E-state index < -0.39 is 0 Å². The molecule has 4 rings (SSSR count). The lowest BCUT2D eigenvalue weighted by Gasteiger charge is -2.54. The molecule has 2 aliphatic carbocycles. The maximum absolute atomic E-state index is 12.0. The number of esters is 1. The smallest absolute Gasteiger partial charge is 0.336 e. The van der Waals surface area contributed by atoms with Gasteiger partial charge in [0.05, 0.1) is 37.6 Å².